The third-order valence-electron chi connectivity index (χ3n) is 1.80. The average Bonchev–Trinajstić information content (AvgIpc) is 1.81. The number of rotatable bonds is 2. The Kier molecular flexibility index (Phi) is 7.19. The molecule has 86 valence electrons. The van der Waals surface area contributed by atoms with Gasteiger partial charge >= 0.3 is 0 Å². The summed E-state index contributed by atoms with van der Waals surface area (Å²) in [7, 11) is 6.48. The van der Waals surface area contributed by atoms with Crippen LogP contribution in [0.5, 0.6) is 0 Å². The smallest absolute Gasteiger partial charge is 0.0991 e. The van der Waals surface area contributed by atoms with E-state index in [0.29, 0.717) is 5.41 Å². The fourth-order valence-corrected chi connectivity index (χ4v) is 0.810. The maximum absolute atomic E-state index is 3.82. The van der Waals surface area contributed by atoms with E-state index in [0.717, 1.165) is 11.0 Å². The van der Waals surface area contributed by atoms with Gasteiger partial charge in [-0.25, -0.2) is 0 Å². The molecule has 0 unspecified atom stereocenters. The molecule has 0 atom stereocenters. The van der Waals surface area contributed by atoms with Gasteiger partial charge in [-0.2, -0.15) is 0 Å². The lowest BCUT2D eigenvalue weighted by atomic mass is 9.94. The van der Waals surface area contributed by atoms with E-state index in [4.69, 9.17) is 0 Å². The van der Waals surface area contributed by atoms with Gasteiger partial charge in [-0.3, -0.25) is 0 Å². The summed E-state index contributed by atoms with van der Waals surface area (Å²) in [6, 6.07) is 0. The number of hydrogen-bond donors (Lipinski definition) is 0. The van der Waals surface area contributed by atoms with E-state index >= 15 is 0 Å². The molecule has 14 heavy (non-hydrogen) atoms. The van der Waals surface area contributed by atoms with Crippen molar-refractivity contribution in [3.8, 4) is 0 Å². The quantitative estimate of drug-likeness (QED) is 0.471. The molecule has 0 N–H and O–H groups in total. The molecule has 1 heteroatoms. The Hall–Kier alpha value is -0.300. The molecule has 0 saturated heterocycles. The number of hydrogen-bond acceptors (Lipinski definition) is 0. The van der Waals surface area contributed by atoms with Crippen molar-refractivity contribution in [2.75, 3.05) is 27.7 Å². The number of likely N-dealkylation sites (N-methyl/N-ethyl adjacent to an activating group) is 1. The lowest BCUT2D eigenvalue weighted by Crippen LogP contribution is -2.35. The minimum atomic E-state index is 0.542. The van der Waals surface area contributed by atoms with Crippen molar-refractivity contribution in [3.05, 3.63) is 12.2 Å². The van der Waals surface area contributed by atoms with Crippen LogP contribution in [0.3, 0.4) is 0 Å². The van der Waals surface area contributed by atoms with Gasteiger partial charge < -0.3 is 4.48 Å². The number of nitrogens with zero attached hydrogens (tertiary/aromatic N) is 1. The predicted molar refractivity (Wildman–Crippen MR) is 67.5 cm³/mol. The summed E-state index contributed by atoms with van der Waals surface area (Å²) >= 11 is 0. The van der Waals surface area contributed by atoms with Crippen LogP contribution in [0.4, 0.5) is 0 Å². The van der Waals surface area contributed by atoms with Crippen LogP contribution < -0.4 is 0 Å². The molecule has 0 fully saturated rings. The van der Waals surface area contributed by atoms with E-state index in [-0.39, 0.29) is 0 Å². The molecule has 0 radical (unpaired) electrons. The first-order valence-corrected chi connectivity index (χ1v) is 5.43. The highest BCUT2D eigenvalue weighted by Crippen LogP contribution is 2.16. The predicted octanol–water partition coefficient (Wildman–Crippen LogP) is 3.71. The van der Waals surface area contributed by atoms with Gasteiger partial charge in [0.15, 0.2) is 0 Å². The molecular formula is C13H30N+. The molecule has 0 amide bonds. The highest BCUT2D eigenvalue weighted by Gasteiger charge is 2.04. The topological polar surface area (TPSA) is 0 Å². The highest BCUT2D eigenvalue weighted by atomic mass is 15.3. The fourth-order valence-electron chi connectivity index (χ4n) is 0.810. The molecule has 0 aromatic carbocycles. The van der Waals surface area contributed by atoms with Gasteiger partial charge in [0.05, 0.1) is 27.7 Å². The SMILES string of the molecule is C=C(C)C[N+](C)(C)C.CCC(C)(C)C. The van der Waals surface area contributed by atoms with E-state index in [9.17, 15) is 0 Å². The second-order valence-corrected chi connectivity index (χ2v) is 6.32. The summed E-state index contributed by atoms with van der Waals surface area (Å²) < 4.78 is 0.981. The molecule has 0 aromatic rings. The third kappa shape index (κ3) is 22.6. The molecule has 1 nitrogen and oxygen atoms in total. The minimum Gasteiger partial charge on any atom is -0.327 e. The Balaban J connectivity index is 0. The van der Waals surface area contributed by atoms with Crippen molar-refractivity contribution in [1.82, 2.24) is 0 Å². The third-order valence-corrected chi connectivity index (χ3v) is 1.80. The monoisotopic (exact) mass is 200 g/mol. The van der Waals surface area contributed by atoms with Crippen molar-refractivity contribution >= 4 is 0 Å². The zero-order chi connectivity index (χ0) is 12.0. The summed E-state index contributed by atoms with van der Waals surface area (Å²) in [5, 5.41) is 0. The van der Waals surface area contributed by atoms with Crippen molar-refractivity contribution in [1.29, 1.82) is 0 Å². The van der Waals surface area contributed by atoms with Crippen LogP contribution in [0.15, 0.2) is 12.2 Å². The van der Waals surface area contributed by atoms with Crippen LogP contribution in [0.1, 0.15) is 41.0 Å². The lowest BCUT2D eigenvalue weighted by molar-refractivity contribution is -0.865. The first kappa shape index (κ1) is 16.1. The Bertz CT molecular complexity index is 155. The van der Waals surface area contributed by atoms with Crippen LogP contribution in [-0.4, -0.2) is 32.2 Å². The molecule has 0 spiro atoms. The van der Waals surface area contributed by atoms with Gasteiger partial charge in [0, 0.05) is 0 Å². The van der Waals surface area contributed by atoms with Crippen LogP contribution in [0.25, 0.3) is 0 Å². The molecule has 0 aromatic heterocycles. The molecular weight excluding hydrogens is 170 g/mol. The minimum absolute atomic E-state index is 0.542. The van der Waals surface area contributed by atoms with Crippen molar-refractivity contribution in [2.45, 2.75) is 41.0 Å². The molecule has 0 saturated carbocycles. The van der Waals surface area contributed by atoms with Crippen LogP contribution in [0, 0.1) is 5.41 Å². The fraction of sp³-hybridized carbons (Fsp3) is 0.846. The Morgan fingerprint density at radius 3 is 1.43 bits per heavy atom. The van der Waals surface area contributed by atoms with Crippen LogP contribution in [-0.2, 0) is 0 Å². The first-order valence-electron chi connectivity index (χ1n) is 5.43. The molecule has 0 aliphatic heterocycles. The summed E-state index contributed by atoms with van der Waals surface area (Å²) in [6.07, 6.45) is 1.27. The van der Waals surface area contributed by atoms with Gasteiger partial charge in [-0.1, -0.05) is 40.7 Å². The number of quaternary nitrogens is 1. The molecule has 0 bridgehead atoms. The van der Waals surface area contributed by atoms with Crippen LogP contribution >= 0.6 is 0 Å². The van der Waals surface area contributed by atoms with Gasteiger partial charge in [0.25, 0.3) is 0 Å². The largest absolute Gasteiger partial charge is 0.327 e. The first-order chi connectivity index (χ1) is 5.98. The van der Waals surface area contributed by atoms with Gasteiger partial charge in [-0.15, -0.1) is 0 Å². The summed E-state index contributed by atoms with van der Waals surface area (Å²) in [6.45, 7) is 15.9. The summed E-state index contributed by atoms with van der Waals surface area (Å²) in [4.78, 5) is 0. The zero-order valence-electron chi connectivity index (χ0n) is 11.6. The Labute approximate surface area is 91.4 Å². The van der Waals surface area contributed by atoms with E-state index < -0.39 is 0 Å². The zero-order valence-corrected chi connectivity index (χ0v) is 11.6. The van der Waals surface area contributed by atoms with Crippen molar-refractivity contribution in [2.24, 2.45) is 5.41 Å². The van der Waals surface area contributed by atoms with Crippen molar-refractivity contribution in [3.63, 3.8) is 0 Å². The second kappa shape index (κ2) is 6.23. The van der Waals surface area contributed by atoms with E-state index in [1.807, 2.05) is 0 Å². The van der Waals surface area contributed by atoms with E-state index in [1.54, 1.807) is 0 Å². The van der Waals surface area contributed by atoms with Crippen molar-refractivity contribution < 1.29 is 4.48 Å². The molecule has 0 aliphatic rings. The maximum Gasteiger partial charge on any atom is 0.0991 e. The molecule has 0 heterocycles. The lowest BCUT2D eigenvalue weighted by Gasteiger charge is -2.23. The average molecular weight is 200 g/mol. The Morgan fingerprint density at radius 2 is 1.43 bits per heavy atom. The van der Waals surface area contributed by atoms with Gasteiger partial charge in [-0.05, 0) is 17.9 Å². The standard InChI is InChI=1S/C7H16N.C6H14/c1-7(2)6-8(3,4)5;1-5-6(2,3)4/h1,6H2,2-5H3;5H2,1-4H3/q+1;. The summed E-state index contributed by atoms with van der Waals surface area (Å²) in [5.74, 6) is 0. The van der Waals surface area contributed by atoms with E-state index in [1.165, 1.54) is 12.0 Å². The molecule has 0 aliphatic carbocycles. The van der Waals surface area contributed by atoms with E-state index in [2.05, 4.69) is 62.3 Å². The van der Waals surface area contributed by atoms with Crippen LogP contribution in [0.2, 0.25) is 0 Å². The normalized spacial score (nSPS) is 11.7. The Morgan fingerprint density at radius 1 is 1.14 bits per heavy atom. The highest BCUT2D eigenvalue weighted by molar-refractivity contribution is 4.87. The van der Waals surface area contributed by atoms with Gasteiger partial charge in [0.2, 0.25) is 0 Å². The maximum atomic E-state index is 3.82. The van der Waals surface area contributed by atoms with Gasteiger partial charge in [0.1, 0.15) is 0 Å². The summed E-state index contributed by atoms with van der Waals surface area (Å²) in [5.41, 5.74) is 1.79. The second-order valence-electron chi connectivity index (χ2n) is 6.32. The molecule has 0 rings (SSSR count).